The van der Waals surface area contributed by atoms with Gasteiger partial charge in [-0.1, -0.05) is 29.8 Å². The lowest BCUT2D eigenvalue weighted by Gasteiger charge is -2.43. The molecule has 2 aliphatic rings. The van der Waals surface area contributed by atoms with Crippen LogP contribution in [0.25, 0.3) is 0 Å². The first-order valence-electron chi connectivity index (χ1n) is 7.81. The molecule has 3 rings (SSSR count). The molecule has 2 atom stereocenters. The molecule has 1 spiro atoms. The molecule has 2 unspecified atom stereocenters. The summed E-state index contributed by atoms with van der Waals surface area (Å²) in [7, 11) is -1.28. The van der Waals surface area contributed by atoms with Crippen molar-refractivity contribution in [2.24, 2.45) is 0 Å². The average Bonchev–Trinajstić information content (AvgIpc) is 3.06. The van der Waals surface area contributed by atoms with Crippen molar-refractivity contribution in [1.29, 1.82) is 0 Å². The molecule has 5 nitrogen and oxygen atoms in total. The van der Waals surface area contributed by atoms with Crippen molar-refractivity contribution < 1.29 is 14.9 Å². The Kier molecular flexibility index (Phi) is 4.22. The topological polar surface area (TPSA) is 56.2 Å². The summed E-state index contributed by atoms with van der Waals surface area (Å²) in [5.41, 5.74) is 0.807. The maximum absolute atomic E-state index is 9.83. The standard InChI is InChI=1S/C15H23BN2O3/c1-2-21-17-12-11-15(10-6-9-14(15)16(19)20)18(17)13-7-4-3-5-8-13/h3-5,7-8,14,19-20H,2,6,9-12H2,1H3. The zero-order valence-electron chi connectivity index (χ0n) is 12.5. The highest BCUT2D eigenvalue weighted by Crippen LogP contribution is 2.52. The van der Waals surface area contributed by atoms with Gasteiger partial charge in [0.05, 0.1) is 17.8 Å². The molecular weight excluding hydrogens is 267 g/mol. The van der Waals surface area contributed by atoms with E-state index in [0.717, 1.165) is 37.9 Å². The van der Waals surface area contributed by atoms with Crippen molar-refractivity contribution in [2.45, 2.75) is 44.0 Å². The van der Waals surface area contributed by atoms with Gasteiger partial charge >= 0.3 is 7.12 Å². The van der Waals surface area contributed by atoms with Crippen LogP contribution in [0.2, 0.25) is 5.82 Å². The first-order valence-corrected chi connectivity index (χ1v) is 7.81. The fourth-order valence-corrected chi connectivity index (χ4v) is 4.03. The van der Waals surface area contributed by atoms with Crippen LogP contribution >= 0.6 is 0 Å². The van der Waals surface area contributed by atoms with E-state index in [9.17, 15) is 10.0 Å². The monoisotopic (exact) mass is 290 g/mol. The number of hydroxylamine groups is 1. The third-order valence-electron chi connectivity index (χ3n) is 4.83. The summed E-state index contributed by atoms with van der Waals surface area (Å²) >= 11 is 0. The van der Waals surface area contributed by atoms with Crippen LogP contribution in [-0.2, 0) is 4.84 Å². The third kappa shape index (κ3) is 2.46. The normalized spacial score (nSPS) is 29.5. The van der Waals surface area contributed by atoms with E-state index in [-0.39, 0.29) is 11.4 Å². The number of hydrogen-bond acceptors (Lipinski definition) is 5. The lowest BCUT2D eigenvalue weighted by Crippen LogP contribution is -2.53. The molecule has 0 aromatic heterocycles. The molecule has 1 saturated heterocycles. The summed E-state index contributed by atoms with van der Waals surface area (Å²) in [6.45, 7) is 3.36. The maximum atomic E-state index is 9.83. The van der Waals surface area contributed by atoms with Crippen molar-refractivity contribution in [3.63, 3.8) is 0 Å². The number of rotatable bonds is 4. The van der Waals surface area contributed by atoms with E-state index in [1.165, 1.54) is 0 Å². The van der Waals surface area contributed by atoms with Crippen LogP contribution in [0, 0.1) is 0 Å². The van der Waals surface area contributed by atoms with Crippen molar-refractivity contribution in [2.75, 3.05) is 18.2 Å². The highest BCUT2D eigenvalue weighted by molar-refractivity contribution is 6.44. The summed E-state index contributed by atoms with van der Waals surface area (Å²) in [4.78, 5) is 5.78. The minimum Gasteiger partial charge on any atom is -0.427 e. The predicted molar refractivity (Wildman–Crippen MR) is 82.4 cm³/mol. The Balaban J connectivity index is 1.99. The summed E-state index contributed by atoms with van der Waals surface area (Å²) in [6.07, 6.45) is 3.73. The molecule has 2 N–H and O–H groups in total. The maximum Gasteiger partial charge on any atom is 0.457 e. The minimum absolute atomic E-state index is 0.136. The van der Waals surface area contributed by atoms with Crippen molar-refractivity contribution in [3.05, 3.63) is 30.3 Å². The van der Waals surface area contributed by atoms with Crippen LogP contribution in [0.3, 0.4) is 0 Å². The zero-order chi connectivity index (χ0) is 14.9. The fraction of sp³-hybridized carbons (Fsp3) is 0.600. The summed E-state index contributed by atoms with van der Waals surface area (Å²) in [5.74, 6) is -0.136. The number of anilines is 1. The smallest absolute Gasteiger partial charge is 0.427 e. The lowest BCUT2D eigenvalue weighted by atomic mass is 9.62. The van der Waals surface area contributed by atoms with E-state index < -0.39 is 7.12 Å². The second-order valence-electron chi connectivity index (χ2n) is 5.91. The van der Waals surface area contributed by atoms with Crippen LogP contribution in [0.5, 0.6) is 0 Å². The first-order chi connectivity index (χ1) is 10.2. The molecule has 114 valence electrons. The minimum atomic E-state index is -1.28. The van der Waals surface area contributed by atoms with E-state index >= 15 is 0 Å². The predicted octanol–water partition coefficient (Wildman–Crippen LogP) is 1.83. The highest BCUT2D eigenvalue weighted by atomic mass is 16.7. The van der Waals surface area contributed by atoms with Gasteiger partial charge in [0.2, 0.25) is 0 Å². The van der Waals surface area contributed by atoms with Crippen LogP contribution in [0.1, 0.15) is 32.6 Å². The summed E-state index contributed by atoms with van der Waals surface area (Å²) in [6, 6.07) is 10.1. The van der Waals surface area contributed by atoms with E-state index in [4.69, 9.17) is 4.84 Å². The Bertz CT molecular complexity index is 473. The quantitative estimate of drug-likeness (QED) is 0.829. The zero-order valence-corrected chi connectivity index (χ0v) is 12.5. The summed E-state index contributed by atoms with van der Waals surface area (Å²) in [5, 5.41) is 23.7. The molecule has 1 saturated carbocycles. The van der Waals surface area contributed by atoms with Gasteiger partial charge in [0.15, 0.2) is 0 Å². The van der Waals surface area contributed by atoms with Gasteiger partial charge in [0, 0.05) is 12.4 Å². The molecule has 1 aromatic rings. The van der Waals surface area contributed by atoms with E-state index in [1.807, 2.05) is 30.3 Å². The number of benzene rings is 1. The molecule has 0 bridgehead atoms. The Morgan fingerprint density at radius 3 is 2.71 bits per heavy atom. The van der Waals surface area contributed by atoms with E-state index in [0.29, 0.717) is 6.61 Å². The van der Waals surface area contributed by atoms with E-state index in [2.05, 4.69) is 17.1 Å². The van der Waals surface area contributed by atoms with Crippen molar-refractivity contribution in [1.82, 2.24) is 5.17 Å². The van der Waals surface area contributed by atoms with Gasteiger partial charge in [-0.25, -0.2) is 0 Å². The molecule has 21 heavy (non-hydrogen) atoms. The third-order valence-corrected chi connectivity index (χ3v) is 4.83. The largest absolute Gasteiger partial charge is 0.457 e. The molecule has 0 amide bonds. The number of nitrogens with zero attached hydrogens (tertiary/aromatic N) is 2. The molecule has 6 heteroatoms. The van der Waals surface area contributed by atoms with Gasteiger partial charge in [0.25, 0.3) is 0 Å². The Morgan fingerprint density at radius 2 is 2.05 bits per heavy atom. The van der Waals surface area contributed by atoms with Gasteiger partial charge in [-0.15, -0.1) is 0 Å². The average molecular weight is 290 g/mol. The van der Waals surface area contributed by atoms with Crippen molar-refractivity contribution in [3.8, 4) is 0 Å². The molecule has 2 fully saturated rings. The van der Waals surface area contributed by atoms with Gasteiger partial charge in [0.1, 0.15) is 0 Å². The number of hydrogen-bond donors (Lipinski definition) is 2. The van der Waals surface area contributed by atoms with Crippen LogP contribution in [-0.4, -0.2) is 41.0 Å². The molecule has 1 aliphatic heterocycles. The number of hydrazine groups is 1. The molecule has 1 aliphatic carbocycles. The fourth-order valence-electron chi connectivity index (χ4n) is 4.03. The molecule has 1 aromatic carbocycles. The van der Waals surface area contributed by atoms with E-state index in [1.54, 1.807) is 0 Å². The van der Waals surface area contributed by atoms with Crippen molar-refractivity contribution >= 4 is 12.8 Å². The van der Waals surface area contributed by atoms with Gasteiger partial charge in [-0.05, 0) is 38.3 Å². The first kappa shape index (κ1) is 14.8. The SMILES string of the molecule is CCON1CCC2(CCCC2B(O)O)N1c1ccccc1. The highest BCUT2D eigenvalue weighted by Gasteiger charge is 2.57. The molecular formula is C15H23BN2O3. The Morgan fingerprint density at radius 1 is 1.29 bits per heavy atom. The molecule has 0 radical (unpaired) electrons. The lowest BCUT2D eigenvalue weighted by molar-refractivity contribution is -0.152. The van der Waals surface area contributed by atoms with Gasteiger partial charge < -0.3 is 10.0 Å². The summed E-state index contributed by atoms with van der Waals surface area (Å²) < 4.78 is 0. The number of para-hydroxylation sites is 1. The van der Waals surface area contributed by atoms with Crippen LogP contribution in [0.4, 0.5) is 5.69 Å². The second kappa shape index (κ2) is 5.97. The second-order valence-corrected chi connectivity index (χ2v) is 5.91. The Hall–Kier alpha value is -1.08. The molecule has 1 heterocycles. The van der Waals surface area contributed by atoms with Crippen LogP contribution < -0.4 is 5.01 Å². The van der Waals surface area contributed by atoms with Gasteiger partial charge in [-0.2, -0.15) is 0 Å². The Labute approximate surface area is 126 Å². The van der Waals surface area contributed by atoms with Gasteiger partial charge in [-0.3, -0.25) is 9.85 Å². The van der Waals surface area contributed by atoms with Crippen LogP contribution in [0.15, 0.2) is 30.3 Å².